The fraction of sp³-hybridized carbons (Fsp3) is 0.111. The number of hydrogen-bond acceptors (Lipinski definition) is 5. The van der Waals surface area contributed by atoms with Gasteiger partial charge in [-0.1, -0.05) is 0 Å². The molecular weight excluding hydrogens is 445 g/mol. The third-order valence-corrected chi connectivity index (χ3v) is 4.63. The number of nitrogens with zero attached hydrogens (tertiary/aromatic N) is 4. The van der Waals surface area contributed by atoms with Crippen LogP contribution < -0.4 is 5.43 Å². The summed E-state index contributed by atoms with van der Waals surface area (Å²) in [5, 5.41) is 15.1. The molecule has 0 fully saturated rings. The Morgan fingerprint density at radius 1 is 1.27 bits per heavy atom. The number of aromatic nitrogens is 2. The Hall–Kier alpha value is -2.75. The van der Waals surface area contributed by atoms with Crippen LogP contribution in [0.4, 0.5) is 11.5 Å². The van der Waals surface area contributed by atoms with E-state index in [2.05, 4.69) is 66.9 Å². The Balaban J connectivity index is 1.85. The van der Waals surface area contributed by atoms with E-state index in [1.54, 1.807) is 6.21 Å². The highest BCUT2D eigenvalue weighted by Crippen LogP contribution is 2.22. The molecule has 0 saturated heterocycles. The van der Waals surface area contributed by atoms with Crippen molar-refractivity contribution in [3.05, 3.63) is 79.3 Å². The van der Waals surface area contributed by atoms with E-state index in [1.165, 1.54) is 21.9 Å². The second-order valence-corrected chi connectivity index (χ2v) is 6.88. The highest BCUT2D eigenvalue weighted by molar-refractivity contribution is 14.1. The molecule has 0 aliphatic carbocycles. The van der Waals surface area contributed by atoms with Crippen LogP contribution in [0, 0.1) is 27.5 Å². The van der Waals surface area contributed by atoms with Gasteiger partial charge in [-0.05, 0) is 72.8 Å². The summed E-state index contributed by atoms with van der Waals surface area (Å²) >= 11 is 2.28. The maximum atomic E-state index is 11.0. The molecule has 1 aromatic carbocycles. The SMILES string of the molecule is Cc1cc(/C=N/Nc2ncccc2[N+](=O)[O-])c(C)n1-c1ccc(I)cc1. The van der Waals surface area contributed by atoms with Gasteiger partial charge in [-0.15, -0.1) is 0 Å². The van der Waals surface area contributed by atoms with Gasteiger partial charge in [-0.3, -0.25) is 15.5 Å². The van der Waals surface area contributed by atoms with Crippen molar-refractivity contribution in [2.75, 3.05) is 5.43 Å². The minimum absolute atomic E-state index is 0.111. The Labute approximate surface area is 164 Å². The molecule has 0 aliphatic heterocycles. The Bertz CT molecular complexity index is 980. The number of halogens is 1. The molecule has 132 valence electrons. The van der Waals surface area contributed by atoms with Crippen molar-refractivity contribution < 1.29 is 4.92 Å². The molecule has 0 aliphatic rings. The largest absolute Gasteiger partial charge is 0.318 e. The quantitative estimate of drug-likeness (QED) is 0.263. The van der Waals surface area contributed by atoms with Crippen molar-refractivity contribution in [1.29, 1.82) is 0 Å². The van der Waals surface area contributed by atoms with Gasteiger partial charge in [-0.2, -0.15) is 5.10 Å². The second-order valence-electron chi connectivity index (χ2n) is 5.64. The summed E-state index contributed by atoms with van der Waals surface area (Å²) < 4.78 is 3.32. The Kier molecular flexibility index (Phi) is 5.31. The van der Waals surface area contributed by atoms with E-state index in [4.69, 9.17) is 0 Å². The van der Waals surface area contributed by atoms with Crippen LogP contribution in [-0.2, 0) is 0 Å². The van der Waals surface area contributed by atoms with E-state index >= 15 is 0 Å². The Morgan fingerprint density at radius 2 is 2.00 bits per heavy atom. The molecule has 0 amide bonds. The van der Waals surface area contributed by atoms with Crippen molar-refractivity contribution in [2.24, 2.45) is 5.10 Å². The van der Waals surface area contributed by atoms with Crippen molar-refractivity contribution in [2.45, 2.75) is 13.8 Å². The van der Waals surface area contributed by atoms with Crippen LogP contribution in [-0.4, -0.2) is 20.7 Å². The van der Waals surface area contributed by atoms with E-state index in [9.17, 15) is 10.1 Å². The lowest BCUT2D eigenvalue weighted by Gasteiger charge is -2.09. The number of hydrazone groups is 1. The molecule has 1 N–H and O–H groups in total. The molecular formula is C18H16IN5O2. The number of aryl methyl sites for hydroxylation is 1. The molecule has 7 nitrogen and oxygen atoms in total. The highest BCUT2D eigenvalue weighted by atomic mass is 127. The van der Waals surface area contributed by atoms with E-state index < -0.39 is 4.92 Å². The fourth-order valence-corrected chi connectivity index (χ4v) is 3.06. The molecule has 0 radical (unpaired) electrons. The summed E-state index contributed by atoms with van der Waals surface area (Å²) in [5.74, 6) is 0.111. The van der Waals surface area contributed by atoms with Gasteiger partial charge in [0.05, 0.1) is 11.1 Å². The molecule has 8 heteroatoms. The average Bonchev–Trinajstić information content (AvgIpc) is 2.90. The third kappa shape index (κ3) is 3.74. The maximum absolute atomic E-state index is 11.0. The predicted octanol–water partition coefficient (Wildman–Crippen LogP) is 4.45. The smallest absolute Gasteiger partial charge is 0.313 e. The predicted molar refractivity (Wildman–Crippen MR) is 110 cm³/mol. The standard InChI is InChI=1S/C18H16IN5O2/c1-12-10-14(13(2)23(12)16-7-5-15(19)6-8-16)11-21-22-18-17(24(25)26)4-3-9-20-18/h3-11H,1-2H3,(H,20,22)/b21-11+. The molecule has 3 aromatic rings. The monoisotopic (exact) mass is 461 g/mol. The van der Waals surface area contributed by atoms with Gasteiger partial charge in [0.2, 0.25) is 5.82 Å². The number of benzene rings is 1. The summed E-state index contributed by atoms with van der Waals surface area (Å²) in [6.07, 6.45) is 3.12. The molecule has 0 spiro atoms. The lowest BCUT2D eigenvalue weighted by atomic mass is 10.2. The number of pyridine rings is 1. The summed E-state index contributed by atoms with van der Waals surface area (Å²) in [6.45, 7) is 4.04. The zero-order chi connectivity index (χ0) is 18.7. The van der Waals surface area contributed by atoms with Gasteiger partial charge < -0.3 is 4.57 Å². The molecule has 0 atom stereocenters. The maximum Gasteiger partial charge on any atom is 0.313 e. The van der Waals surface area contributed by atoms with Gasteiger partial charge in [0, 0.05) is 38.5 Å². The zero-order valence-corrected chi connectivity index (χ0v) is 16.3. The topological polar surface area (TPSA) is 85.3 Å². The summed E-state index contributed by atoms with van der Waals surface area (Å²) in [7, 11) is 0. The summed E-state index contributed by atoms with van der Waals surface area (Å²) in [4.78, 5) is 14.5. The number of anilines is 1. The van der Waals surface area contributed by atoms with Crippen molar-refractivity contribution in [3.63, 3.8) is 0 Å². The van der Waals surface area contributed by atoms with Gasteiger partial charge in [0.15, 0.2) is 0 Å². The van der Waals surface area contributed by atoms with E-state index in [-0.39, 0.29) is 11.5 Å². The van der Waals surface area contributed by atoms with Crippen molar-refractivity contribution in [1.82, 2.24) is 9.55 Å². The molecule has 0 unspecified atom stereocenters. The normalized spacial score (nSPS) is 11.0. The van der Waals surface area contributed by atoms with Crippen LogP contribution in [0.1, 0.15) is 17.0 Å². The minimum atomic E-state index is -0.493. The van der Waals surface area contributed by atoms with Crippen LogP contribution in [0.3, 0.4) is 0 Å². The number of hydrogen-bond donors (Lipinski definition) is 1. The highest BCUT2D eigenvalue weighted by Gasteiger charge is 2.13. The lowest BCUT2D eigenvalue weighted by molar-refractivity contribution is -0.384. The fourth-order valence-electron chi connectivity index (χ4n) is 2.70. The first-order valence-electron chi connectivity index (χ1n) is 7.80. The molecule has 2 heterocycles. The summed E-state index contributed by atoms with van der Waals surface area (Å²) in [5.41, 5.74) is 6.65. The van der Waals surface area contributed by atoms with E-state index in [0.29, 0.717) is 0 Å². The Morgan fingerprint density at radius 3 is 2.69 bits per heavy atom. The first kappa shape index (κ1) is 18.1. The van der Waals surface area contributed by atoms with Crippen LogP contribution >= 0.6 is 22.6 Å². The van der Waals surface area contributed by atoms with Crippen LogP contribution in [0.2, 0.25) is 0 Å². The molecule has 3 rings (SSSR count). The van der Waals surface area contributed by atoms with Crippen LogP contribution in [0.25, 0.3) is 5.69 Å². The molecule has 0 saturated carbocycles. The molecule has 26 heavy (non-hydrogen) atoms. The average molecular weight is 461 g/mol. The first-order valence-corrected chi connectivity index (χ1v) is 8.88. The van der Waals surface area contributed by atoms with Crippen LogP contribution in [0.5, 0.6) is 0 Å². The third-order valence-electron chi connectivity index (χ3n) is 3.91. The number of rotatable bonds is 5. The van der Waals surface area contributed by atoms with E-state index in [1.807, 2.05) is 19.9 Å². The van der Waals surface area contributed by atoms with Gasteiger partial charge in [-0.25, -0.2) is 4.98 Å². The summed E-state index contributed by atoms with van der Waals surface area (Å²) in [6, 6.07) is 13.2. The van der Waals surface area contributed by atoms with Crippen molar-refractivity contribution in [3.8, 4) is 5.69 Å². The van der Waals surface area contributed by atoms with Gasteiger partial charge in [0.25, 0.3) is 0 Å². The first-order chi connectivity index (χ1) is 12.5. The van der Waals surface area contributed by atoms with Crippen molar-refractivity contribution >= 4 is 40.3 Å². The molecule has 0 bridgehead atoms. The lowest BCUT2D eigenvalue weighted by Crippen LogP contribution is -2.00. The number of nitrogens with one attached hydrogen (secondary N) is 1. The number of nitro groups is 1. The van der Waals surface area contributed by atoms with Crippen LogP contribution in [0.15, 0.2) is 53.8 Å². The minimum Gasteiger partial charge on any atom is -0.318 e. The van der Waals surface area contributed by atoms with E-state index in [0.717, 1.165) is 22.6 Å². The molecule has 2 aromatic heterocycles. The van der Waals surface area contributed by atoms with Gasteiger partial charge in [0.1, 0.15) is 0 Å². The second kappa shape index (κ2) is 7.65. The zero-order valence-electron chi connectivity index (χ0n) is 14.2. The van der Waals surface area contributed by atoms with Gasteiger partial charge >= 0.3 is 5.69 Å².